The predicted molar refractivity (Wildman–Crippen MR) is 118 cm³/mol. The molecule has 1 saturated heterocycles. The normalized spacial score (nSPS) is 14.6. The van der Waals surface area contributed by atoms with Gasteiger partial charge in [0.1, 0.15) is 4.75 Å². The summed E-state index contributed by atoms with van der Waals surface area (Å²) in [5.41, 5.74) is 0. The molecule has 0 aromatic heterocycles. The first-order chi connectivity index (χ1) is 13.3. The number of thioether (sulfide) groups is 1. The second-order valence-electron chi connectivity index (χ2n) is 7.88. The minimum atomic E-state index is -0.932. The Bertz CT molecular complexity index is 533. The van der Waals surface area contributed by atoms with Gasteiger partial charge in [-0.15, -0.1) is 16.8 Å². The predicted octanol–water partition coefficient (Wildman–Crippen LogP) is 5.74. The smallest absolute Gasteiger partial charge is 0.329 e. The number of amides is 2. The zero-order chi connectivity index (χ0) is 21.0. The van der Waals surface area contributed by atoms with Crippen molar-refractivity contribution in [1.82, 2.24) is 5.06 Å². The number of nitrogens with zero attached hydrogens (tertiary/aromatic N) is 1. The molecule has 0 spiro atoms. The molecule has 1 aliphatic heterocycles. The lowest BCUT2D eigenvalue weighted by molar-refractivity contribution is -0.198. The second kappa shape index (κ2) is 13.3. The third-order valence-corrected chi connectivity index (χ3v) is 6.34. The summed E-state index contributed by atoms with van der Waals surface area (Å²) in [7, 11) is 0. The Morgan fingerprint density at radius 3 is 1.93 bits per heavy atom. The van der Waals surface area contributed by atoms with Gasteiger partial charge in [0.2, 0.25) is 0 Å². The Morgan fingerprint density at radius 1 is 0.964 bits per heavy atom. The first-order valence-corrected chi connectivity index (χ1v) is 11.8. The van der Waals surface area contributed by atoms with Crippen LogP contribution >= 0.6 is 24.0 Å². The fourth-order valence-electron chi connectivity index (χ4n) is 2.98. The molecule has 0 saturated carbocycles. The van der Waals surface area contributed by atoms with Crippen LogP contribution in [-0.2, 0) is 19.2 Å². The molecule has 7 heteroatoms. The van der Waals surface area contributed by atoms with Gasteiger partial charge in [0.25, 0.3) is 11.8 Å². The molecule has 0 unspecified atom stereocenters. The van der Waals surface area contributed by atoms with Crippen molar-refractivity contribution in [1.29, 1.82) is 0 Å². The second-order valence-corrected chi connectivity index (χ2v) is 10.3. The maximum atomic E-state index is 12.3. The molecule has 0 aliphatic carbocycles. The molecule has 160 valence electrons. The highest BCUT2D eigenvalue weighted by atomic mass is 32.2. The molecular weight excluding hydrogens is 394 g/mol. The summed E-state index contributed by atoms with van der Waals surface area (Å²) in [4.78, 5) is 40.5. The highest BCUT2D eigenvalue weighted by Gasteiger charge is 2.39. The Morgan fingerprint density at radius 2 is 1.43 bits per heavy atom. The molecule has 1 aliphatic rings. The van der Waals surface area contributed by atoms with Crippen molar-refractivity contribution in [3.8, 4) is 0 Å². The number of imide groups is 1. The molecular formula is C21H35NO4S2. The van der Waals surface area contributed by atoms with E-state index in [-0.39, 0.29) is 12.8 Å². The van der Waals surface area contributed by atoms with Crippen LogP contribution in [0.25, 0.3) is 0 Å². The number of hydrogen-bond acceptors (Lipinski definition) is 6. The van der Waals surface area contributed by atoms with Crippen LogP contribution < -0.4 is 0 Å². The van der Waals surface area contributed by atoms with Crippen LogP contribution in [0.15, 0.2) is 0 Å². The summed E-state index contributed by atoms with van der Waals surface area (Å²) in [5, 5.41) is 0.593. The van der Waals surface area contributed by atoms with Crippen molar-refractivity contribution in [3.63, 3.8) is 0 Å². The van der Waals surface area contributed by atoms with Crippen LogP contribution in [0, 0.1) is 0 Å². The molecule has 2 amide bonds. The van der Waals surface area contributed by atoms with E-state index in [1.165, 1.54) is 63.1 Å². The molecule has 1 rings (SSSR count). The Kier molecular flexibility index (Phi) is 11.9. The lowest BCUT2D eigenvalue weighted by Gasteiger charge is -2.24. The summed E-state index contributed by atoms with van der Waals surface area (Å²) < 4.78 is -0.167. The first-order valence-electron chi connectivity index (χ1n) is 10.6. The van der Waals surface area contributed by atoms with Gasteiger partial charge in [0.15, 0.2) is 0 Å². The number of rotatable bonds is 14. The van der Waals surface area contributed by atoms with Crippen LogP contribution in [0.3, 0.4) is 0 Å². The number of carbonyl (C=O) groups excluding carboxylic acids is 3. The number of hydroxylamine groups is 2. The van der Waals surface area contributed by atoms with Crippen LogP contribution in [0.5, 0.6) is 0 Å². The van der Waals surface area contributed by atoms with Gasteiger partial charge in [-0.05, 0) is 26.7 Å². The number of carbonyl (C=O) groups is 3. The van der Waals surface area contributed by atoms with Crippen LogP contribution in [0.2, 0.25) is 0 Å². The number of thiocarbonyl (C=S) groups is 1. The van der Waals surface area contributed by atoms with E-state index in [0.717, 1.165) is 23.5 Å². The highest BCUT2D eigenvalue weighted by Crippen LogP contribution is 2.30. The Balaban J connectivity index is 2.16. The van der Waals surface area contributed by atoms with Crippen molar-refractivity contribution in [2.45, 2.75) is 109 Å². The van der Waals surface area contributed by atoms with Gasteiger partial charge in [-0.25, -0.2) is 4.79 Å². The summed E-state index contributed by atoms with van der Waals surface area (Å²) in [6.07, 6.45) is 13.7. The van der Waals surface area contributed by atoms with Crippen molar-refractivity contribution in [2.24, 2.45) is 0 Å². The molecule has 1 fully saturated rings. The molecule has 0 atom stereocenters. The van der Waals surface area contributed by atoms with Gasteiger partial charge in [-0.1, -0.05) is 76.9 Å². The van der Waals surface area contributed by atoms with E-state index in [4.69, 9.17) is 17.1 Å². The maximum absolute atomic E-state index is 12.3. The molecule has 0 aromatic rings. The molecule has 5 nitrogen and oxygen atoms in total. The number of unbranched alkanes of at least 4 members (excludes halogenated alkanes) is 9. The van der Waals surface area contributed by atoms with E-state index in [2.05, 4.69) is 6.92 Å². The molecule has 0 radical (unpaired) electrons. The topological polar surface area (TPSA) is 63.7 Å². The van der Waals surface area contributed by atoms with Crippen molar-refractivity contribution < 1.29 is 19.2 Å². The molecule has 0 bridgehead atoms. The molecule has 28 heavy (non-hydrogen) atoms. The van der Waals surface area contributed by atoms with E-state index < -0.39 is 22.5 Å². The zero-order valence-corrected chi connectivity index (χ0v) is 19.2. The molecule has 1 heterocycles. The maximum Gasteiger partial charge on any atom is 0.348 e. The Labute approximate surface area is 179 Å². The Hall–Kier alpha value is -0.950. The molecule has 0 aromatic carbocycles. The van der Waals surface area contributed by atoms with Crippen LogP contribution in [0.4, 0.5) is 0 Å². The van der Waals surface area contributed by atoms with Gasteiger partial charge in [0.05, 0.1) is 0 Å². The summed E-state index contributed by atoms with van der Waals surface area (Å²) in [6, 6.07) is 0. The van der Waals surface area contributed by atoms with Gasteiger partial charge in [0, 0.05) is 17.0 Å². The van der Waals surface area contributed by atoms with E-state index in [0.29, 0.717) is 5.06 Å². The third kappa shape index (κ3) is 9.50. The fraction of sp³-hybridized carbons (Fsp3) is 0.810. The average Bonchev–Trinajstić information content (AvgIpc) is 2.94. The van der Waals surface area contributed by atoms with Gasteiger partial charge in [-0.2, -0.15) is 0 Å². The van der Waals surface area contributed by atoms with Crippen LogP contribution in [0.1, 0.15) is 104 Å². The third-order valence-electron chi connectivity index (χ3n) is 4.77. The summed E-state index contributed by atoms with van der Waals surface area (Å²) in [5.74, 6) is -1.55. The minimum absolute atomic E-state index is 0.0941. The monoisotopic (exact) mass is 429 g/mol. The van der Waals surface area contributed by atoms with Gasteiger partial charge < -0.3 is 4.84 Å². The van der Waals surface area contributed by atoms with E-state index in [9.17, 15) is 14.4 Å². The SMILES string of the molecule is CCCCCCCCCCCCC(=S)SC(C)(C)C(=O)ON1C(=O)CCC1=O. The van der Waals surface area contributed by atoms with Gasteiger partial charge >= 0.3 is 5.97 Å². The van der Waals surface area contributed by atoms with Gasteiger partial charge in [-0.3, -0.25) is 9.59 Å². The van der Waals surface area contributed by atoms with Crippen LogP contribution in [-0.4, -0.2) is 31.8 Å². The largest absolute Gasteiger partial charge is 0.348 e. The average molecular weight is 430 g/mol. The van der Waals surface area contributed by atoms with E-state index >= 15 is 0 Å². The quantitative estimate of drug-likeness (QED) is 0.199. The standard InChI is InChI=1S/C21H35NO4S2/c1-4-5-6-7-8-9-10-11-12-13-14-19(27)28-21(2,3)20(25)26-22-17(23)15-16-18(22)24/h4-16H2,1-3H3. The highest BCUT2D eigenvalue weighted by molar-refractivity contribution is 8.24. The lowest BCUT2D eigenvalue weighted by atomic mass is 10.1. The lowest BCUT2D eigenvalue weighted by Crippen LogP contribution is -2.40. The fourth-order valence-corrected chi connectivity index (χ4v) is 4.69. The molecule has 0 N–H and O–H groups in total. The van der Waals surface area contributed by atoms with E-state index in [1.54, 1.807) is 13.8 Å². The first kappa shape index (κ1) is 25.1. The van der Waals surface area contributed by atoms with E-state index in [1.807, 2.05) is 0 Å². The summed E-state index contributed by atoms with van der Waals surface area (Å²) in [6.45, 7) is 5.65. The summed E-state index contributed by atoms with van der Waals surface area (Å²) >= 11 is 6.70. The van der Waals surface area contributed by atoms with Crippen molar-refractivity contribution in [2.75, 3.05) is 0 Å². The zero-order valence-electron chi connectivity index (χ0n) is 17.6. The van der Waals surface area contributed by atoms with Crippen molar-refractivity contribution in [3.05, 3.63) is 0 Å². The minimum Gasteiger partial charge on any atom is -0.329 e. The number of hydrogen-bond donors (Lipinski definition) is 0. The van der Waals surface area contributed by atoms with Crippen molar-refractivity contribution >= 4 is 46.0 Å².